The molecule has 0 heterocycles. The van der Waals surface area contributed by atoms with E-state index in [0.29, 0.717) is 11.3 Å². The number of carbonyl (C=O) groups excluding carboxylic acids is 1. The number of hydrogen-bond acceptors (Lipinski definition) is 4. The van der Waals surface area contributed by atoms with Gasteiger partial charge in [0.15, 0.2) is 17.7 Å². The Labute approximate surface area is 132 Å². The summed E-state index contributed by atoms with van der Waals surface area (Å²) in [4.78, 5) is 22.4. The van der Waals surface area contributed by atoms with Gasteiger partial charge in [0.1, 0.15) is 0 Å². The maximum absolute atomic E-state index is 13.5. The Hall–Kier alpha value is -2.96. The first-order valence-electron chi connectivity index (χ1n) is 6.85. The fourth-order valence-corrected chi connectivity index (χ4v) is 1.88. The minimum Gasteiger partial charge on any atom is -0.478 e. The van der Waals surface area contributed by atoms with Crippen LogP contribution in [0.3, 0.4) is 0 Å². The quantitative estimate of drug-likeness (QED) is 0.676. The number of carbonyl (C=O) groups is 1. The predicted molar refractivity (Wildman–Crippen MR) is 83.0 cm³/mol. The van der Waals surface area contributed by atoms with E-state index < -0.39 is 22.8 Å². The smallest absolute Gasteiger partial charge is 0.271 e. The van der Waals surface area contributed by atoms with Gasteiger partial charge < -0.3 is 10.1 Å². The van der Waals surface area contributed by atoms with E-state index in [1.54, 1.807) is 13.0 Å². The highest BCUT2D eigenvalue weighted by molar-refractivity contribution is 5.95. The van der Waals surface area contributed by atoms with Crippen molar-refractivity contribution in [3.63, 3.8) is 0 Å². The van der Waals surface area contributed by atoms with Gasteiger partial charge in [-0.2, -0.15) is 0 Å². The standard InChI is InChI=1S/C16H15FN2O4/c1-10-7-8-12(19(21)22)9-14(10)18-16(20)11(2)23-15-6-4-3-5-13(15)17/h3-9,11H,1-2H3,(H,18,20)/t11-/m1/s1. The lowest BCUT2D eigenvalue weighted by molar-refractivity contribution is -0.384. The molecule has 2 aromatic rings. The van der Waals surface area contributed by atoms with Gasteiger partial charge in [0.2, 0.25) is 0 Å². The number of nitrogens with one attached hydrogen (secondary N) is 1. The molecule has 1 atom stereocenters. The summed E-state index contributed by atoms with van der Waals surface area (Å²) in [5.41, 5.74) is 0.851. The molecule has 1 N–H and O–H groups in total. The zero-order chi connectivity index (χ0) is 17.0. The number of anilines is 1. The molecule has 0 aromatic heterocycles. The number of benzene rings is 2. The third-order valence-electron chi connectivity index (χ3n) is 3.20. The highest BCUT2D eigenvalue weighted by Crippen LogP contribution is 2.23. The molecule has 0 bridgehead atoms. The first kappa shape index (κ1) is 16.4. The van der Waals surface area contributed by atoms with Crippen LogP contribution in [0.5, 0.6) is 5.75 Å². The second-order valence-electron chi connectivity index (χ2n) is 4.94. The van der Waals surface area contributed by atoms with Crippen LogP contribution in [-0.4, -0.2) is 16.9 Å². The molecule has 0 aliphatic rings. The van der Waals surface area contributed by atoms with Gasteiger partial charge in [-0.05, 0) is 31.5 Å². The van der Waals surface area contributed by atoms with Gasteiger partial charge in [-0.1, -0.05) is 18.2 Å². The first-order valence-corrected chi connectivity index (χ1v) is 6.85. The molecule has 0 aliphatic carbocycles. The zero-order valence-electron chi connectivity index (χ0n) is 12.6. The van der Waals surface area contributed by atoms with Gasteiger partial charge in [0.05, 0.1) is 10.6 Å². The van der Waals surface area contributed by atoms with Gasteiger partial charge in [-0.3, -0.25) is 14.9 Å². The summed E-state index contributed by atoms with van der Waals surface area (Å²) in [6.07, 6.45) is -0.967. The van der Waals surface area contributed by atoms with Crippen LogP contribution in [0.15, 0.2) is 42.5 Å². The number of non-ortho nitro benzene ring substituents is 1. The number of hydrogen-bond donors (Lipinski definition) is 1. The fraction of sp³-hybridized carbons (Fsp3) is 0.188. The number of halogens is 1. The number of nitro groups is 1. The molecule has 1 amide bonds. The molecule has 0 radical (unpaired) electrons. The molecular formula is C16H15FN2O4. The largest absolute Gasteiger partial charge is 0.478 e. The van der Waals surface area contributed by atoms with Crippen LogP contribution < -0.4 is 10.1 Å². The third-order valence-corrected chi connectivity index (χ3v) is 3.20. The molecule has 0 saturated heterocycles. The van der Waals surface area contributed by atoms with E-state index in [4.69, 9.17) is 4.74 Å². The van der Waals surface area contributed by atoms with E-state index in [0.717, 1.165) is 0 Å². The van der Waals surface area contributed by atoms with E-state index in [1.807, 2.05) is 0 Å². The lowest BCUT2D eigenvalue weighted by Crippen LogP contribution is -2.30. The minimum atomic E-state index is -0.967. The lowest BCUT2D eigenvalue weighted by Gasteiger charge is -2.16. The van der Waals surface area contributed by atoms with Gasteiger partial charge in [-0.15, -0.1) is 0 Å². The summed E-state index contributed by atoms with van der Waals surface area (Å²) in [6.45, 7) is 3.18. The molecule has 0 aliphatic heterocycles. The molecule has 120 valence electrons. The van der Waals surface area contributed by atoms with Crippen molar-refractivity contribution in [2.24, 2.45) is 0 Å². The van der Waals surface area contributed by atoms with E-state index >= 15 is 0 Å². The van der Waals surface area contributed by atoms with Crippen molar-refractivity contribution in [2.75, 3.05) is 5.32 Å². The fourth-order valence-electron chi connectivity index (χ4n) is 1.88. The van der Waals surface area contributed by atoms with Crippen LogP contribution in [0.1, 0.15) is 12.5 Å². The Bertz CT molecular complexity index is 749. The van der Waals surface area contributed by atoms with Crippen molar-refractivity contribution < 1.29 is 18.8 Å². The number of nitrogens with zero attached hydrogens (tertiary/aromatic N) is 1. The molecular weight excluding hydrogens is 303 g/mol. The van der Waals surface area contributed by atoms with Crippen LogP contribution in [0.4, 0.5) is 15.8 Å². The van der Waals surface area contributed by atoms with Crippen LogP contribution in [0.2, 0.25) is 0 Å². The van der Waals surface area contributed by atoms with Crippen LogP contribution in [0.25, 0.3) is 0 Å². The van der Waals surface area contributed by atoms with Crippen molar-refractivity contribution in [3.05, 3.63) is 64.0 Å². The number of aryl methyl sites for hydroxylation is 1. The molecule has 23 heavy (non-hydrogen) atoms. The zero-order valence-corrected chi connectivity index (χ0v) is 12.6. The maximum Gasteiger partial charge on any atom is 0.271 e. The Balaban J connectivity index is 2.11. The molecule has 0 saturated carbocycles. The van der Waals surface area contributed by atoms with E-state index in [2.05, 4.69) is 5.32 Å². The van der Waals surface area contributed by atoms with Crippen molar-refractivity contribution in [1.29, 1.82) is 0 Å². The van der Waals surface area contributed by atoms with Crippen molar-refractivity contribution in [3.8, 4) is 5.75 Å². The number of amides is 1. The highest BCUT2D eigenvalue weighted by Gasteiger charge is 2.18. The molecule has 2 aromatic carbocycles. The normalized spacial score (nSPS) is 11.6. The highest BCUT2D eigenvalue weighted by atomic mass is 19.1. The van der Waals surface area contributed by atoms with Crippen LogP contribution in [0, 0.1) is 22.9 Å². The van der Waals surface area contributed by atoms with E-state index in [1.165, 1.54) is 43.3 Å². The first-order chi connectivity index (χ1) is 10.9. The summed E-state index contributed by atoms with van der Waals surface area (Å²) in [6, 6.07) is 9.90. The Morgan fingerprint density at radius 3 is 2.65 bits per heavy atom. The van der Waals surface area contributed by atoms with Gasteiger partial charge in [-0.25, -0.2) is 4.39 Å². The number of para-hydroxylation sites is 1. The molecule has 0 fully saturated rings. The van der Waals surface area contributed by atoms with Crippen molar-refractivity contribution in [2.45, 2.75) is 20.0 Å². The van der Waals surface area contributed by atoms with Gasteiger partial charge in [0.25, 0.3) is 11.6 Å². The second-order valence-corrected chi connectivity index (χ2v) is 4.94. The predicted octanol–water partition coefficient (Wildman–Crippen LogP) is 3.45. The number of nitro benzene ring substituents is 1. The Morgan fingerprint density at radius 1 is 1.30 bits per heavy atom. The average molecular weight is 318 g/mol. The second kappa shape index (κ2) is 6.87. The number of rotatable bonds is 5. The van der Waals surface area contributed by atoms with Crippen LogP contribution in [-0.2, 0) is 4.79 Å². The van der Waals surface area contributed by atoms with Gasteiger partial charge >= 0.3 is 0 Å². The maximum atomic E-state index is 13.5. The van der Waals surface area contributed by atoms with Gasteiger partial charge in [0, 0.05) is 12.1 Å². The molecule has 6 nitrogen and oxygen atoms in total. The summed E-state index contributed by atoms with van der Waals surface area (Å²) < 4.78 is 18.8. The minimum absolute atomic E-state index is 0.0362. The van der Waals surface area contributed by atoms with Crippen LogP contribution >= 0.6 is 0 Å². The Morgan fingerprint density at radius 2 is 2.00 bits per heavy atom. The molecule has 0 spiro atoms. The van der Waals surface area contributed by atoms with Crippen molar-refractivity contribution in [1.82, 2.24) is 0 Å². The number of ether oxygens (including phenoxy) is 1. The molecule has 0 unspecified atom stereocenters. The summed E-state index contributed by atoms with van der Waals surface area (Å²) in [5.74, 6) is -1.14. The lowest BCUT2D eigenvalue weighted by atomic mass is 10.1. The van der Waals surface area contributed by atoms with Crippen molar-refractivity contribution >= 4 is 17.3 Å². The van der Waals surface area contributed by atoms with E-state index in [-0.39, 0.29) is 11.4 Å². The SMILES string of the molecule is Cc1ccc([N+](=O)[O-])cc1NC(=O)[C@@H](C)Oc1ccccc1F. The van der Waals surface area contributed by atoms with E-state index in [9.17, 15) is 19.3 Å². The monoisotopic (exact) mass is 318 g/mol. The molecule has 2 rings (SSSR count). The topological polar surface area (TPSA) is 81.5 Å². The Kier molecular flexibility index (Phi) is 4.90. The summed E-state index contributed by atoms with van der Waals surface area (Å²) in [5, 5.41) is 13.3. The molecule has 7 heteroatoms. The average Bonchev–Trinajstić information content (AvgIpc) is 2.51. The summed E-state index contributed by atoms with van der Waals surface area (Å²) in [7, 11) is 0. The third kappa shape index (κ3) is 4.03. The summed E-state index contributed by atoms with van der Waals surface area (Å²) >= 11 is 0.